The van der Waals surface area contributed by atoms with Gasteiger partial charge in [0.05, 0.1) is 6.20 Å². The summed E-state index contributed by atoms with van der Waals surface area (Å²) < 4.78 is 5.58. The highest BCUT2D eigenvalue weighted by molar-refractivity contribution is 6.52. The number of likely N-dealkylation sites (tertiary alicyclic amines) is 1. The number of rotatable bonds is 2. The molecule has 2 aliphatic heterocycles. The lowest BCUT2D eigenvalue weighted by Crippen LogP contribution is -2.43. The Bertz CT molecular complexity index is 847. The maximum atomic E-state index is 12.0. The van der Waals surface area contributed by atoms with Crippen molar-refractivity contribution in [2.75, 3.05) is 13.1 Å². The number of piperidine rings is 1. The lowest BCUT2D eigenvalue weighted by molar-refractivity contribution is -0.132. The molecule has 2 aromatic heterocycles. The van der Waals surface area contributed by atoms with Crippen LogP contribution < -0.4 is 4.65 Å². The number of carbonyl (C=O) groups excluding carboxylic acids is 1. The van der Waals surface area contributed by atoms with Crippen molar-refractivity contribution in [3.05, 3.63) is 30.0 Å². The van der Waals surface area contributed by atoms with Crippen molar-refractivity contribution in [2.45, 2.75) is 26.7 Å². The molecule has 1 amide bonds. The minimum atomic E-state index is -0.955. The van der Waals surface area contributed by atoms with Gasteiger partial charge in [0, 0.05) is 36.7 Å². The summed E-state index contributed by atoms with van der Waals surface area (Å²) in [5.74, 6) is 3.24. The monoisotopic (exact) mass is 339 g/mol. The van der Waals surface area contributed by atoms with Gasteiger partial charge in [0.15, 0.2) is 0 Å². The van der Waals surface area contributed by atoms with E-state index in [1.807, 2.05) is 30.1 Å². The van der Waals surface area contributed by atoms with Crippen LogP contribution in [-0.2, 0) is 4.79 Å². The van der Waals surface area contributed by atoms with Crippen molar-refractivity contribution in [3.63, 3.8) is 0 Å². The third-order valence-corrected chi connectivity index (χ3v) is 5.37. The molecule has 6 nitrogen and oxygen atoms in total. The summed E-state index contributed by atoms with van der Waals surface area (Å²) in [6, 6.07) is 2.00. The molecule has 4 rings (SSSR count). The van der Waals surface area contributed by atoms with Gasteiger partial charge < -0.3 is 19.6 Å². The van der Waals surface area contributed by atoms with Crippen LogP contribution in [0.25, 0.3) is 16.6 Å². The fourth-order valence-electron chi connectivity index (χ4n) is 4.14. The van der Waals surface area contributed by atoms with Crippen LogP contribution in [0.3, 0.4) is 0 Å². The maximum Gasteiger partial charge on any atom is 0.552 e. The summed E-state index contributed by atoms with van der Waals surface area (Å²) in [7, 11) is -0.955. The smallest absolute Gasteiger partial charge is 0.531 e. The Kier molecular flexibility index (Phi) is 4.03. The minimum Gasteiger partial charge on any atom is -0.531 e. The number of allylic oxidation sites excluding steroid dienone is 1. The first kappa shape index (κ1) is 16.2. The number of nitrogens with zero attached hydrogens (tertiary/aromatic N) is 2. The third-order valence-electron chi connectivity index (χ3n) is 5.37. The molecule has 4 heterocycles. The van der Waals surface area contributed by atoms with Crippen LogP contribution in [0.4, 0.5) is 0 Å². The number of fused-ring (bicyclic) bond motifs is 3. The zero-order valence-electron chi connectivity index (χ0n) is 14.5. The Morgan fingerprint density at radius 2 is 2.40 bits per heavy atom. The lowest BCUT2D eigenvalue weighted by atomic mass is 9.71. The second kappa shape index (κ2) is 6.22. The minimum absolute atomic E-state index is 0.212. The Morgan fingerprint density at radius 3 is 3.16 bits per heavy atom. The summed E-state index contributed by atoms with van der Waals surface area (Å²) in [6.45, 7) is 5.59. The van der Waals surface area contributed by atoms with Gasteiger partial charge in [-0.1, -0.05) is 13.8 Å². The highest BCUT2D eigenvalue weighted by Crippen LogP contribution is 2.43. The quantitative estimate of drug-likeness (QED) is 0.823. The van der Waals surface area contributed by atoms with E-state index in [1.54, 1.807) is 6.20 Å². The van der Waals surface area contributed by atoms with Crippen molar-refractivity contribution in [1.29, 1.82) is 0 Å². The van der Waals surface area contributed by atoms with Crippen LogP contribution in [-0.4, -0.2) is 46.0 Å². The molecule has 0 bridgehead atoms. The Balaban J connectivity index is 1.71. The molecule has 0 saturated carbocycles. The molecule has 7 heteroatoms. The molecule has 0 aliphatic carbocycles. The lowest BCUT2D eigenvalue weighted by Gasteiger charge is -2.39. The molecule has 2 aromatic rings. The predicted octanol–water partition coefficient (Wildman–Crippen LogP) is 2.25. The van der Waals surface area contributed by atoms with E-state index in [0.717, 1.165) is 41.7 Å². The molecule has 0 radical (unpaired) electrons. The molecule has 0 unspecified atom stereocenters. The molecule has 1 fully saturated rings. The van der Waals surface area contributed by atoms with Crippen molar-refractivity contribution < 1.29 is 14.5 Å². The van der Waals surface area contributed by atoms with Gasteiger partial charge in [-0.25, -0.2) is 4.98 Å². The number of amides is 1. The van der Waals surface area contributed by atoms with Gasteiger partial charge in [-0.2, -0.15) is 0 Å². The molecule has 2 N–H and O–H groups in total. The first-order chi connectivity index (χ1) is 12.1. The Morgan fingerprint density at radius 1 is 1.56 bits per heavy atom. The zero-order valence-corrected chi connectivity index (χ0v) is 14.5. The van der Waals surface area contributed by atoms with Gasteiger partial charge in [-0.05, 0) is 35.9 Å². The Labute approximate surface area is 147 Å². The number of aromatic nitrogens is 2. The van der Waals surface area contributed by atoms with Crippen molar-refractivity contribution in [1.82, 2.24) is 14.9 Å². The molecule has 130 valence electrons. The van der Waals surface area contributed by atoms with Crippen LogP contribution in [0.5, 0.6) is 5.75 Å². The van der Waals surface area contributed by atoms with Gasteiger partial charge in [-0.3, -0.25) is 4.79 Å². The fourth-order valence-corrected chi connectivity index (χ4v) is 4.14. The zero-order chi connectivity index (χ0) is 17.6. The van der Waals surface area contributed by atoms with Crippen LogP contribution in [0.2, 0.25) is 0 Å². The van der Waals surface area contributed by atoms with Gasteiger partial charge in [0.25, 0.3) is 0 Å². The first-order valence-corrected chi connectivity index (χ1v) is 8.89. The number of aromatic amines is 1. The van der Waals surface area contributed by atoms with E-state index >= 15 is 0 Å². The average Bonchev–Trinajstić information content (AvgIpc) is 3.08. The number of hydrogen-bond donors (Lipinski definition) is 2. The largest absolute Gasteiger partial charge is 0.552 e. The van der Waals surface area contributed by atoms with E-state index in [0.29, 0.717) is 18.1 Å². The first-order valence-electron chi connectivity index (χ1n) is 8.89. The predicted molar refractivity (Wildman–Crippen MR) is 96.8 cm³/mol. The van der Waals surface area contributed by atoms with Gasteiger partial charge in [-0.15, -0.1) is 0 Å². The number of pyridine rings is 1. The second-order valence-corrected chi connectivity index (χ2v) is 6.93. The van der Waals surface area contributed by atoms with E-state index in [1.165, 1.54) is 0 Å². The SMILES string of the molecule is CCC(=O)N1CC[C@@H](C2=CB(O)Oc3cnc4[nH]ccc4c32)[C@@H](C)C1. The van der Waals surface area contributed by atoms with Gasteiger partial charge in [0.2, 0.25) is 5.91 Å². The molecule has 2 atom stereocenters. The Hall–Kier alpha value is -2.28. The van der Waals surface area contributed by atoms with E-state index < -0.39 is 7.12 Å². The number of H-pyrrole nitrogens is 1. The molecule has 0 aromatic carbocycles. The average molecular weight is 339 g/mol. The fraction of sp³-hybridized carbons (Fsp3) is 0.444. The van der Waals surface area contributed by atoms with Crippen LogP contribution in [0.15, 0.2) is 24.4 Å². The molecular formula is C18H22BN3O3. The summed E-state index contributed by atoms with van der Waals surface area (Å²) in [4.78, 5) is 21.5. The summed E-state index contributed by atoms with van der Waals surface area (Å²) >= 11 is 0. The van der Waals surface area contributed by atoms with E-state index in [9.17, 15) is 9.82 Å². The highest BCUT2D eigenvalue weighted by Gasteiger charge is 2.36. The standard InChI is InChI=1S/C18H22BN3O3/c1-3-16(23)22-7-5-12(11(2)10-22)14-8-19(24)25-15-9-21-18-13(17(14)15)4-6-20-18/h4,6,8-9,11-12,24H,3,5,7,10H2,1-2H3,(H,20,21)/t11-,12+/m0/s1. The van der Waals surface area contributed by atoms with E-state index in [4.69, 9.17) is 4.65 Å². The summed E-state index contributed by atoms with van der Waals surface area (Å²) in [6.07, 6.45) is 4.97. The number of hydrogen-bond acceptors (Lipinski definition) is 4. The van der Waals surface area contributed by atoms with Gasteiger partial charge in [0.1, 0.15) is 11.4 Å². The van der Waals surface area contributed by atoms with Crippen LogP contribution in [0, 0.1) is 11.8 Å². The normalized spacial score (nSPS) is 23.2. The molecule has 0 spiro atoms. The molecule has 2 aliphatic rings. The molecule has 1 saturated heterocycles. The summed E-state index contributed by atoms with van der Waals surface area (Å²) in [5, 5.41) is 11.2. The van der Waals surface area contributed by atoms with E-state index in [2.05, 4.69) is 16.9 Å². The van der Waals surface area contributed by atoms with Crippen LogP contribution in [0.1, 0.15) is 32.3 Å². The third kappa shape index (κ3) is 2.72. The van der Waals surface area contributed by atoms with Crippen molar-refractivity contribution in [3.8, 4) is 5.75 Å². The number of carbonyl (C=O) groups is 1. The van der Waals surface area contributed by atoms with Gasteiger partial charge >= 0.3 is 7.12 Å². The van der Waals surface area contributed by atoms with Crippen LogP contribution >= 0.6 is 0 Å². The van der Waals surface area contributed by atoms with E-state index in [-0.39, 0.29) is 11.8 Å². The number of nitrogens with one attached hydrogen (secondary N) is 1. The molecule has 25 heavy (non-hydrogen) atoms. The van der Waals surface area contributed by atoms with Crippen molar-refractivity contribution >= 4 is 29.6 Å². The van der Waals surface area contributed by atoms with Crippen molar-refractivity contribution in [2.24, 2.45) is 11.8 Å². The second-order valence-electron chi connectivity index (χ2n) is 6.93. The topological polar surface area (TPSA) is 78.5 Å². The highest BCUT2D eigenvalue weighted by atomic mass is 16.5. The molecular weight excluding hydrogens is 317 g/mol. The maximum absolute atomic E-state index is 12.0. The summed E-state index contributed by atoms with van der Waals surface area (Å²) in [5.41, 5.74) is 2.94.